The quantitative estimate of drug-likeness (QED) is 0.849. The maximum Gasteiger partial charge on any atom is 0.251 e. The molecular formula is C16H15BrClNO2. The van der Waals surface area contributed by atoms with Crippen LogP contribution in [0, 0.1) is 0 Å². The third-order valence-corrected chi connectivity index (χ3v) is 4.29. The largest absolute Gasteiger partial charge is 0.394 e. The Kier molecular flexibility index (Phi) is 5.79. The van der Waals surface area contributed by atoms with Crippen LogP contribution in [-0.2, 0) is 6.42 Å². The zero-order valence-electron chi connectivity index (χ0n) is 11.2. The lowest BCUT2D eigenvalue weighted by molar-refractivity contribution is 0.0916. The average molecular weight is 369 g/mol. The van der Waals surface area contributed by atoms with Crippen molar-refractivity contribution in [2.75, 3.05) is 6.61 Å². The highest BCUT2D eigenvalue weighted by Gasteiger charge is 2.14. The minimum absolute atomic E-state index is 0.120. The van der Waals surface area contributed by atoms with E-state index >= 15 is 0 Å². The van der Waals surface area contributed by atoms with Gasteiger partial charge in [-0.2, -0.15) is 0 Å². The summed E-state index contributed by atoms with van der Waals surface area (Å²) < 4.78 is 0.740. The molecule has 0 bridgehead atoms. The zero-order chi connectivity index (χ0) is 15.2. The van der Waals surface area contributed by atoms with E-state index in [0.717, 1.165) is 10.0 Å². The number of aliphatic hydroxyl groups excluding tert-OH is 1. The van der Waals surface area contributed by atoms with E-state index in [-0.39, 0.29) is 18.6 Å². The van der Waals surface area contributed by atoms with Gasteiger partial charge < -0.3 is 10.4 Å². The van der Waals surface area contributed by atoms with Gasteiger partial charge >= 0.3 is 0 Å². The Morgan fingerprint density at radius 3 is 2.57 bits per heavy atom. The van der Waals surface area contributed by atoms with Crippen LogP contribution in [-0.4, -0.2) is 23.7 Å². The van der Waals surface area contributed by atoms with Gasteiger partial charge in [-0.3, -0.25) is 4.79 Å². The van der Waals surface area contributed by atoms with Crippen molar-refractivity contribution in [3.8, 4) is 0 Å². The lowest BCUT2D eigenvalue weighted by Gasteiger charge is -2.16. The highest BCUT2D eigenvalue weighted by Crippen LogP contribution is 2.23. The molecule has 0 radical (unpaired) electrons. The van der Waals surface area contributed by atoms with Crippen molar-refractivity contribution in [2.45, 2.75) is 12.5 Å². The molecule has 2 aromatic rings. The summed E-state index contributed by atoms with van der Waals surface area (Å²) in [6, 6.07) is 14.4. The van der Waals surface area contributed by atoms with Crippen molar-refractivity contribution < 1.29 is 9.90 Å². The summed E-state index contributed by atoms with van der Waals surface area (Å²) in [5.74, 6) is -0.251. The molecule has 0 saturated heterocycles. The summed E-state index contributed by atoms with van der Waals surface area (Å²) in [4.78, 5) is 12.2. The summed E-state index contributed by atoms with van der Waals surface area (Å²) in [6.45, 7) is -0.120. The predicted molar refractivity (Wildman–Crippen MR) is 87.6 cm³/mol. The fraction of sp³-hybridized carbons (Fsp3) is 0.188. The number of hydrogen-bond donors (Lipinski definition) is 2. The summed E-state index contributed by atoms with van der Waals surface area (Å²) >= 11 is 9.27. The number of carbonyl (C=O) groups excluding carboxylic acids is 1. The SMILES string of the molecule is O=C(NC(CO)Cc1ccccc1)c1ccc(Br)c(Cl)c1. The summed E-state index contributed by atoms with van der Waals surface area (Å²) in [5, 5.41) is 12.7. The van der Waals surface area contributed by atoms with E-state index in [2.05, 4.69) is 21.2 Å². The van der Waals surface area contributed by atoms with Gasteiger partial charge in [0.15, 0.2) is 0 Å². The van der Waals surface area contributed by atoms with Crippen LogP contribution in [0.15, 0.2) is 53.0 Å². The van der Waals surface area contributed by atoms with Crippen molar-refractivity contribution in [1.82, 2.24) is 5.32 Å². The first kappa shape index (κ1) is 16.0. The molecule has 0 spiro atoms. The lowest BCUT2D eigenvalue weighted by atomic mass is 10.1. The van der Waals surface area contributed by atoms with Crippen LogP contribution in [0.3, 0.4) is 0 Å². The highest BCUT2D eigenvalue weighted by molar-refractivity contribution is 9.10. The number of nitrogens with one attached hydrogen (secondary N) is 1. The van der Waals surface area contributed by atoms with Crippen LogP contribution in [0.25, 0.3) is 0 Å². The second-order valence-electron chi connectivity index (χ2n) is 4.67. The van der Waals surface area contributed by atoms with E-state index in [9.17, 15) is 9.90 Å². The molecule has 110 valence electrons. The zero-order valence-corrected chi connectivity index (χ0v) is 13.6. The first-order valence-electron chi connectivity index (χ1n) is 6.51. The predicted octanol–water partition coefficient (Wildman–Crippen LogP) is 3.44. The Hall–Kier alpha value is -1.36. The van der Waals surface area contributed by atoms with Crippen molar-refractivity contribution in [1.29, 1.82) is 0 Å². The van der Waals surface area contributed by atoms with E-state index in [4.69, 9.17) is 11.6 Å². The standard InChI is InChI=1S/C16H15BrClNO2/c17-14-7-6-12(9-15(14)18)16(21)19-13(10-20)8-11-4-2-1-3-5-11/h1-7,9,13,20H,8,10H2,(H,19,21). The van der Waals surface area contributed by atoms with Crippen LogP contribution in [0.4, 0.5) is 0 Å². The number of rotatable bonds is 5. The number of amides is 1. The molecule has 0 saturated carbocycles. The molecule has 0 aromatic heterocycles. The molecule has 1 unspecified atom stereocenters. The minimum atomic E-state index is -0.331. The van der Waals surface area contributed by atoms with E-state index in [1.54, 1.807) is 18.2 Å². The van der Waals surface area contributed by atoms with Gasteiger partial charge in [-0.25, -0.2) is 0 Å². The normalized spacial score (nSPS) is 12.0. The molecule has 0 aliphatic rings. The summed E-state index contributed by atoms with van der Waals surface area (Å²) in [6.07, 6.45) is 0.577. The average Bonchev–Trinajstić information content (AvgIpc) is 2.50. The molecule has 0 heterocycles. The molecule has 0 fully saturated rings. The van der Waals surface area contributed by atoms with E-state index in [1.807, 2.05) is 30.3 Å². The molecule has 2 N–H and O–H groups in total. The summed E-state index contributed by atoms with van der Waals surface area (Å²) in [5.41, 5.74) is 1.53. The topological polar surface area (TPSA) is 49.3 Å². The molecule has 0 aliphatic heterocycles. The Bertz CT molecular complexity index is 619. The fourth-order valence-corrected chi connectivity index (χ4v) is 2.39. The van der Waals surface area contributed by atoms with Crippen LogP contribution in [0.5, 0.6) is 0 Å². The molecule has 5 heteroatoms. The molecule has 2 aromatic carbocycles. The van der Waals surface area contributed by atoms with Crippen LogP contribution < -0.4 is 5.32 Å². The molecular weight excluding hydrogens is 354 g/mol. The molecule has 3 nitrogen and oxygen atoms in total. The molecule has 1 amide bonds. The Morgan fingerprint density at radius 2 is 1.95 bits per heavy atom. The van der Waals surface area contributed by atoms with Crippen LogP contribution >= 0.6 is 27.5 Å². The van der Waals surface area contributed by atoms with Gasteiger partial charge in [0.25, 0.3) is 5.91 Å². The Morgan fingerprint density at radius 1 is 1.24 bits per heavy atom. The molecule has 1 atom stereocenters. The molecule has 0 aliphatic carbocycles. The van der Waals surface area contributed by atoms with Gasteiger partial charge in [-0.1, -0.05) is 41.9 Å². The second kappa shape index (κ2) is 7.59. The van der Waals surface area contributed by atoms with Gasteiger partial charge in [0, 0.05) is 10.0 Å². The molecule has 2 rings (SSSR count). The van der Waals surface area contributed by atoms with Gasteiger partial charge in [-0.05, 0) is 46.1 Å². The summed E-state index contributed by atoms with van der Waals surface area (Å²) in [7, 11) is 0. The maximum absolute atomic E-state index is 12.2. The van der Waals surface area contributed by atoms with Gasteiger partial charge in [0.1, 0.15) is 0 Å². The lowest BCUT2D eigenvalue weighted by Crippen LogP contribution is -2.39. The number of halogens is 2. The van der Waals surface area contributed by atoms with Gasteiger partial charge in [-0.15, -0.1) is 0 Å². The first-order valence-corrected chi connectivity index (χ1v) is 7.68. The van der Waals surface area contributed by atoms with Gasteiger partial charge in [0.05, 0.1) is 17.7 Å². The van der Waals surface area contributed by atoms with Crippen molar-refractivity contribution in [3.63, 3.8) is 0 Å². The highest BCUT2D eigenvalue weighted by atomic mass is 79.9. The van der Waals surface area contributed by atoms with Crippen LogP contribution in [0.1, 0.15) is 15.9 Å². The van der Waals surface area contributed by atoms with Gasteiger partial charge in [0.2, 0.25) is 0 Å². The number of hydrogen-bond acceptors (Lipinski definition) is 2. The third-order valence-electron chi connectivity index (χ3n) is 3.06. The fourth-order valence-electron chi connectivity index (χ4n) is 1.97. The Balaban J connectivity index is 2.04. The number of benzene rings is 2. The third kappa shape index (κ3) is 4.56. The molecule has 21 heavy (non-hydrogen) atoms. The Labute approximate surface area is 137 Å². The number of aliphatic hydroxyl groups is 1. The number of carbonyl (C=O) groups is 1. The minimum Gasteiger partial charge on any atom is -0.394 e. The monoisotopic (exact) mass is 367 g/mol. The smallest absolute Gasteiger partial charge is 0.251 e. The second-order valence-corrected chi connectivity index (χ2v) is 5.93. The van der Waals surface area contributed by atoms with Crippen molar-refractivity contribution in [2.24, 2.45) is 0 Å². The first-order chi connectivity index (χ1) is 10.1. The van der Waals surface area contributed by atoms with E-state index < -0.39 is 0 Å². The maximum atomic E-state index is 12.2. The van der Waals surface area contributed by atoms with Crippen LogP contribution in [0.2, 0.25) is 5.02 Å². The van der Waals surface area contributed by atoms with E-state index in [1.165, 1.54) is 0 Å². The van der Waals surface area contributed by atoms with Crippen molar-refractivity contribution >= 4 is 33.4 Å². The van der Waals surface area contributed by atoms with E-state index in [0.29, 0.717) is 17.0 Å². The van der Waals surface area contributed by atoms with Crippen molar-refractivity contribution in [3.05, 3.63) is 69.2 Å².